The number of benzene rings is 1. The van der Waals surface area contributed by atoms with Crippen molar-refractivity contribution < 1.29 is 9.53 Å². The number of anilines is 1. The molecule has 0 spiro atoms. The lowest BCUT2D eigenvalue weighted by atomic mass is 10.1. The fraction of sp³-hybridized carbons (Fsp3) is 0.429. The largest absolute Gasteiger partial charge is 0.469 e. The third kappa shape index (κ3) is 3.67. The summed E-state index contributed by atoms with van der Waals surface area (Å²) in [4.78, 5) is 15.9. The summed E-state index contributed by atoms with van der Waals surface area (Å²) in [5.74, 6) is -0.188. The van der Waals surface area contributed by atoms with Crippen LogP contribution in [0, 0.1) is 0 Å². The molecule has 0 saturated carbocycles. The van der Waals surface area contributed by atoms with Crippen LogP contribution in [-0.4, -0.2) is 24.1 Å². The van der Waals surface area contributed by atoms with Crippen molar-refractivity contribution in [1.82, 2.24) is 4.98 Å². The van der Waals surface area contributed by atoms with Crippen LogP contribution >= 0.6 is 11.3 Å². The Balaban J connectivity index is 2.09. The van der Waals surface area contributed by atoms with Crippen molar-refractivity contribution in [1.29, 1.82) is 0 Å². The van der Waals surface area contributed by atoms with Crippen molar-refractivity contribution in [2.75, 3.05) is 12.4 Å². The highest BCUT2D eigenvalue weighted by atomic mass is 32.1. The van der Waals surface area contributed by atoms with E-state index in [-0.39, 0.29) is 12.0 Å². The lowest BCUT2D eigenvalue weighted by Crippen LogP contribution is -2.23. The molecule has 2 rings (SSSR count). The molecule has 0 aliphatic rings. The Bertz CT molecular complexity index is 520. The Hall–Kier alpha value is -1.62. The summed E-state index contributed by atoms with van der Waals surface area (Å²) >= 11 is 1.61. The van der Waals surface area contributed by atoms with Crippen LogP contribution in [0.2, 0.25) is 0 Å². The number of ether oxygens (including phenoxy) is 1. The third-order valence-corrected chi connectivity index (χ3v) is 3.87. The number of esters is 1. The highest BCUT2D eigenvalue weighted by molar-refractivity contribution is 7.22. The first-order valence-corrected chi connectivity index (χ1v) is 7.23. The maximum absolute atomic E-state index is 11.4. The molecular formula is C14H18N2O2S. The van der Waals surface area contributed by atoms with Gasteiger partial charge in [0.15, 0.2) is 5.13 Å². The molecule has 0 bridgehead atoms. The Morgan fingerprint density at radius 2 is 2.26 bits per heavy atom. The van der Waals surface area contributed by atoms with Gasteiger partial charge in [0.05, 0.1) is 23.7 Å². The summed E-state index contributed by atoms with van der Waals surface area (Å²) in [6.45, 7) is 2.10. The summed E-state index contributed by atoms with van der Waals surface area (Å²) in [7, 11) is 1.42. The lowest BCUT2D eigenvalue weighted by molar-refractivity contribution is -0.140. The van der Waals surface area contributed by atoms with Crippen LogP contribution < -0.4 is 5.32 Å². The molecule has 5 heteroatoms. The van der Waals surface area contributed by atoms with E-state index < -0.39 is 0 Å². The van der Waals surface area contributed by atoms with Gasteiger partial charge in [-0.1, -0.05) is 36.8 Å². The van der Waals surface area contributed by atoms with E-state index in [2.05, 4.69) is 17.2 Å². The molecule has 0 aliphatic carbocycles. The molecule has 102 valence electrons. The van der Waals surface area contributed by atoms with E-state index >= 15 is 0 Å². The van der Waals surface area contributed by atoms with E-state index in [0.717, 1.165) is 28.2 Å². The fourth-order valence-corrected chi connectivity index (χ4v) is 2.91. The highest BCUT2D eigenvalue weighted by Crippen LogP contribution is 2.26. The van der Waals surface area contributed by atoms with Crippen LogP contribution in [0.15, 0.2) is 24.3 Å². The number of hydrogen-bond donors (Lipinski definition) is 1. The van der Waals surface area contributed by atoms with E-state index in [4.69, 9.17) is 4.74 Å². The quantitative estimate of drug-likeness (QED) is 0.822. The van der Waals surface area contributed by atoms with Gasteiger partial charge < -0.3 is 10.1 Å². The predicted octanol–water partition coefficient (Wildman–Crippen LogP) is 3.44. The minimum Gasteiger partial charge on any atom is -0.469 e. The SMILES string of the molecule is CCCC(CC(=O)OC)Nc1nc2ccccc2s1. The molecule has 19 heavy (non-hydrogen) atoms. The van der Waals surface area contributed by atoms with Gasteiger partial charge in [0.1, 0.15) is 0 Å². The number of aromatic nitrogens is 1. The van der Waals surface area contributed by atoms with Gasteiger partial charge >= 0.3 is 5.97 Å². The zero-order valence-corrected chi connectivity index (χ0v) is 12.0. The minimum absolute atomic E-state index is 0.0815. The van der Waals surface area contributed by atoms with E-state index in [1.807, 2.05) is 24.3 Å². The first kappa shape index (κ1) is 13.8. The second-order valence-corrected chi connectivity index (χ2v) is 5.43. The van der Waals surface area contributed by atoms with Gasteiger partial charge in [-0.2, -0.15) is 0 Å². The summed E-state index contributed by atoms with van der Waals surface area (Å²) < 4.78 is 5.88. The van der Waals surface area contributed by atoms with Crippen LogP contribution in [0.4, 0.5) is 5.13 Å². The maximum Gasteiger partial charge on any atom is 0.307 e. The van der Waals surface area contributed by atoms with E-state index in [0.29, 0.717) is 6.42 Å². The number of rotatable bonds is 6. The standard InChI is InChI=1S/C14H18N2O2S/c1-3-6-10(9-13(17)18-2)15-14-16-11-7-4-5-8-12(11)19-14/h4-5,7-8,10H,3,6,9H2,1-2H3,(H,15,16). The number of fused-ring (bicyclic) bond motifs is 1. The number of carbonyl (C=O) groups excluding carboxylic acids is 1. The van der Waals surface area contributed by atoms with Gasteiger partial charge in [0.25, 0.3) is 0 Å². The van der Waals surface area contributed by atoms with Crippen LogP contribution in [0.5, 0.6) is 0 Å². The summed E-state index contributed by atoms with van der Waals surface area (Å²) in [5.41, 5.74) is 0.989. The second-order valence-electron chi connectivity index (χ2n) is 4.40. The average molecular weight is 278 g/mol. The minimum atomic E-state index is -0.188. The fourth-order valence-electron chi connectivity index (χ4n) is 1.97. The van der Waals surface area contributed by atoms with Crippen molar-refractivity contribution >= 4 is 32.7 Å². The highest BCUT2D eigenvalue weighted by Gasteiger charge is 2.15. The van der Waals surface area contributed by atoms with Crippen LogP contribution in [0.3, 0.4) is 0 Å². The summed E-state index contributed by atoms with van der Waals surface area (Å²) in [6.07, 6.45) is 2.31. The first-order chi connectivity index (χ1) is 9.22. The Morgan fingerprint density at radius 1 is 1.47 bits per heavy atom. The molecule has 1 aromatic heterocycles. The third-order valence-electron chi connectivity index (χ3n) is 2.90. The summed E-state index contributed by atoms with van der Waals surface area (Å²) in [6, 6.07) is 8.10. The molecule has 2 aromatic rings. The van der Waals surface area contributed by atoms with Crippen molar-refractivity contribution in [3.05, 3.63) is 24.3 Å². The van der Waals surface area contributed by atoms with Crippen LogP contribution in [0.1, 0.15) is 26.2 Å². The smallest absolute Gasteiger partial charge is 0.307 e. The van der Waals surface area contributed by atoms with Crippen LogP contribution in [-0.2, 0) is 9.53 Å². The molecule has 1 aromatic carbocycles. The predicted molar refractivity (Wildman–Crippen MR) is 78.6 cm³/mol. The van der Waals surface area contributed by atoms with Crippen LogP contribution in [0.25, 0.3) is 10.2 Å². The molecular weight excluding hydrogens is 260 g/mol. The van der Waals surface area contributed by atoms with Crippen molar-refractivity contribution in [2.24, 2.45) is 0 Å². The molecule has 1 N–H and O–H groups in total. The number of carbonyl (C=O) groups is 1. The molecule has 1 atom stereocenters. The molecule has 0 fully saturated rings. The van der Waals surface area contributed by atoms with Crippen molar-refractivity contribution in [3.8, 4) is 0 Å². The Kier molecular flexibility index (Phi) is 4.74. The van der Waals surface area contributed by atoms with Gasteiger partial charge in [0, 0.05) is 6.04 Å². The molecule has 1 heterocycles. The summed E-state index contributed by atoms with van der Waals surface area (Å²) in [5, 5.41) is 4.21. The van der Waals surface area contributed by atoms with Gasteiger partial charge in [-0.3, -0.25) is 4.79 Å². The number of thiazole rings is 1. The topological polar surface area (TPSA) is 51.2 Å². The number of methoxy groups -OCH3 is 1. The molecule has 0 saturated heterocycles. The number of para-hydroxylation sites is 1. The molecule has 1 unspecified atom stereocenters. The zero-order valence-electron chi connectivity index (χ0n) is 11.2. The molecule has 0 radical (unpaired) electrons. The van der Waals surface area contributed by atoms with E-state index in [1.54, 1.807) is 11.3 Å². The lowest BCUT2D eigenvalue weighted by Gasteiger charge is -2.15. The van der Waals surface area contributed by atoms with Gasteiger partial charge in [0.2, 0.25) is 0 Å². The number of nitrogens with one attached hydrogen (secondary N) is 1. The second kappa shape index (κ2) is 6.52. The van der Waals surface area contributed by atoms with E-state index in [1.165, 1.54) is 7.11 Å². The maximum atomic E-state index is 11.4. The average Bonchev–Trinajstić information content (AvgIpc) is 2.80. The number of hydrogen-bond acceptors (Lipinski definition) is 5. The monoisotopic (exact) mass is 278 g/mol. The van der Waals surface area contributed by atoms with Gasteiger partial charge in [-0.15, -0.1) is 0 Å². The van der Waals surface area contributed by atoms with E-state index in [9.17, 15) is 4.79 Å². The molecule has 4 nitrogen and oxygen atoms in total. The molecule has 0 amide bonds. The normalized spacial score (nSPS) is 12.3. The van der Waals surface area contributed by atoms with Gasteiger partial charge in [-0.05, 0) is 18.6 Å². The van der Waals surface area contributed by atoms with Crippen molar-refractivity contribution in [3.63, 3.8) is 0 Å². The Morgan fingerprint density at radius 3 is 2.95 bits per heavy atom. The first-order valence-electron chi connectivity index (χ1n) is 6.42. The number of nitrogens with zero attached hydrogens (tertiary/aromatic N) is 1. The van der Waals surface area contributed by atoms with Crippen molar-refractivity contribution in [2.45, 2.75) is 32.2 Å². The Labute approximate surface area is 116 Å². The van der Waals surface area contributed by atoms with Gasteiger partial charge in [-0.25, -0.2) is 4.98 Å². The zero-order chi connectivity index (χ0) is 13.7. The molecule has 0 aliphatic heterocycles.